The van der Waals surface area contributed by atoms with Gasteiger partial charge in [0.25, 0.3) is 5.91 Å². The third-order valence-corrected chi connectivity index (χ3v) is 5.45. The minimum absolute atomic E-state index is 0.0362. The van der Waals surface area contributed by atoms with E-state index in [1.807, 2.05) is 0 Å². The predicted molar refractivity (Wildman–Crippen MR) is 83.8 cm³/mol. The summed E-state index contributed by atoms with van der Waals surface area (Å²) < 4.78 is 28.0. The maximum atomic E-state index is 12.5. The van der Waals surface area contributed by atoms with Crippen LogP contribution in [0.1, 0.15) is 16.8 Å². The molecule has 0 saturated carbocycles. The summed E-state index contributed by atoms with van der Waals surface area (Å²) in [6, 6.07) is 1.45. The fraction of sp³-hybridized carbons (Fsp3) is 0.571. The number of anilines is 1. The molecule has 0 radical (unpaired) electrons. The van der Waals surface area contributed by atoms with Crippen LogP contribution in [0.2, 0.25) is 0 Å². The molecule has 2 rings (SSSR count). The molecule has 0 bridgehead atoms. The van der Waals surface area contributed by atoms with E-state index >= 15 is 0 Å². The molecule has 0 aromatic carbocycles. The second-order valence-corrected chi connectivity index (χ2v) is 7.58. The quantitative estimate of drug-likeness (QED) is 0.761. The zero-order valence-electron chi connectivity index (χ0n) is 12.8. The van der Waals surface area contributed by atoms with Gasteiger partial charge in [-0.25, -0.2) is 8.42 Å². The lowest BCUT2D eigenvalue weighted by molar-refractivity contribution is 0.0747. The van der Waals surface area contributed by atoms with Crippen LogP contribution in [-0.2, 0) is 14.6 Å². The Bertz CT molecular complexity index is 633. The Morgan fingerprint density at radius 1 is 1.50 bits per heavy atom. The van der Waals surface area contributed by atoms with E-state index < -0.39 is 9.84 Å². The summed E-state index contributed by atoms with van der Waals surface area (Å²) in [5, 5.41) is 3.11. The van der Waals surface area contributed by atoms with Crippen molar-refractivity contribution in [2.24, 2.45) is 0 Å². The van der Waals surface area contributed by atoms with Gasteiger partial charge < -0.3 is 15.0 Å². The van der Waals surface area contributed by atoms with Gasteiger partial charge in [-0.1, -0.05) is 0 Å². The van der Waals surface area contributed by atoms with E-state index in [4.69, 9.17) is 4.74 Å². The number of amides is 1. The molecule has 7 nitrogen and oxygen atoms in total. The lowest BCUT2D eigenvalue weighted by atomic mass is 10.2. The summed E-state index contributed by atoms with van der Waals surface area (Å²) in [6.45, 7) is 1.17. The Labute approximate surface area is 130 Å². The van der Waals surface area contributed by atoms with Gasteiger partial charge in [0.15, 0.2) is 9.84 Å². The lowest BCUT2D eigenvalue weighted by Crippen LogP contribution is -2.37. The second kappa shape index (κ2) is 7.06. The molecule has 0 aliphatic carbocycles. The van der Waals surface area contributed by atoms with Crippen molar-refractivity contribution in [1.29, 1.82) is 0 Å². The first kappa shape index (κ1) is 16.7. The van der Waals surface area contributed by atoms with E-state index in [1.165, 1.54) is 11.1 Å². The van der Waals surface area contributed by atoms with Gasteiger partial charge in [0, 0.05) is 39.1 Å². The molecule has 1 fully saturated rings. The van der Waals surface area contributed by atoms with Crippen LogP contribution in [-0.4, -0.2) is 69.1 Å². The Kier molecular flexibility index (Phi) is 5.36. The summed E-state index contributed by atoms with van der Waals surface area (Å²) in [4.78, 5) is 18.0. The van der Waals surface area contributed by atoms with E-state index in [0.29, 0.717) is 25.1 Å². The molecule has 1 saturated heterocycles. The number of nitrogens with one attached hydrogen (secondary N) is 1. The third kappa shape index (κ3) is 4.17. The third-order valence-electron chi connectivity index (χ3n) is 3.70. The molecular formula is C14H21N3O4S. The first-order valence-corrected chi connectivity index (χ1v) is 8.90. The Balaban J connectivity index is 2.04. The zero-order valence-corrected chi connectivity index (χ0v) is 13.6. The predicted octanol–water partition coefficient (Wildman–Crippen LogP) is 0.399. The summed E-state index contributed by atoms with van der Waals surface area (Å²) >= 11 is 0. The minimum Gasteiger partial charge on any atom is -0.383 e. The fourth-order valence-corrected chi connectivity index (χ4v) is 4.18. The molecule has 8 heteroatoms. The number of hydrogen-bond acceptors (Lipinski definition) is 6. The van der Waals surface area contributed by atoms with Gasteiger partial charge in [0.1, 0.15) is 0 Å². The average molecular weight is 327 g/mol. The first-order valence-electron chi connectivity index (χ1n) is 7.08. The van der Waals surface area contributed by atoms with Crippen LogP contribution in [0.3, 0.4) is 0 Å². The minimum atomic E-state index is -3.02. The van der Waals surface area contributed by atoms with Crippen molar-refractivity contribution in [2.75, 3.05) is 44.1 Å². The van der Waals surface area contributed by atoms with E-state index in [2.05, 4.69) is 10.3 Å². The highest BCUT2D eigenvalue weighted by Crippen LogP contribution is 2.19. The standard InChI is InChI=1S/C14H21N3O4S/c1-17(13-3-6-22(19,20)10-13)14(18)11-7-12(9-15-8-11)16-4-5-21-2/h7-9,13,16H,3-6,10H2,1-2H3. The maximum absolute atomic E-state index is 12.5. The summed E-state index contributed by atoms with van der Waals surface area (Å²) in [6.07, 6.45) is 3.61. The average Bonchev–Trinajstić information content (AvgIpc) is 2.86. The molecule has 1 atom stereocenters. The van der Waals surface area contributed by atoms with Crippen molar-refractivity contribution in [2.45, 2.75) is 12.5 Å². The van der Waals surface area contributed by atoms with E-state index in [1.54, 1.807) is 26.4 Å². The monoisotopic (exact) mass is 327 g/mol. The number of hydrogen-bond donors (Lipinski definition) is 1. The number of methoxy groups -OCH3 is 1. The highest BCUT2D eigenvalue weighted by molar-refractivity contribution is 7.91. The van der Waals surface area contributed by atoms with Crippen LogP contribution in [0.4, 0.5) is 5.69 Å². The molecule has 0 spiro atoms. The van der Waals surface area contributed by atoms with Gasteiger partial charge in [-0.2, -0.15) is 0 Å². The fourth-order valence-electron chi connectivity index (χ4n) is 2.40. The van der Waals surface area contributed by atoms with E-state index in [-0.39, 0.29) is 23.5 Å². The molecule has 2 heterocycles. The van der Waals surface area contributed by atoms with Gasteiger partial charge in [0.2, 0.25) is 0 Å². The molecule has 1 aliphatic rings. The van der Waals surface area contributed by atoms with Gasteiger partial charge in [-0.05, 0) is 12.5 Å². The number of nitrogens with zero attached hydrogens (tertiary/aromatic N) is 2. The number of pyridine rings is 1. The normalized spacial score (nSPS) is 19.8. The first-order chi connectivity index (χ1) is 10.4. The number of carbonyl (C=O) groups is 1. The number of sulfone groups is 1. The van der Waals surface area contributed by atoms with E-state index in [9.17, 15) is 13.2 Å². The van der Waals surface area contributed by atoms with Gasteiger partial charge in [-0.15, -0.1) is 0 Å². The van der Waals surface area contributed by atoms with E-state index in [0.717, 1.165) is 5.69 Å². The topological polar surface area (TPSA) is 88.6 Å². The van der Waals surface area contributed by atoms with Crippen LogP contribution >= 0.6 is 0 Å². The molecule has 1 aliphatic heterocycles. The van der Waals surface area contributed by atoms with Crippen molar-refractivity contribution < 1.29 is 17.9 Å². The molecule has 1 unspecified atom stereocenters. The smallest absolute Gasteiger partial charge is 0.255 e. The number of rotatable bonds is 6. The highest BCUT2D eigenvalue weighted by atomic mass is 32.2. The van der Waals surface area contributed by atoms with Crippen LogP contribution in [0.5, 0.6) is 0 Å². The Morgan fingerprint density at radius 2 is 2.27 bits per heavy atom. The molecule has 1 aromatic rings. The Hall–Kier alpha value is -1.67. The molecule has 1 amide bonds. The molecule has 1 aromatic heterocycles. The summed E-state index contributed by atoms with van der Waals surface area (Å²) in [5.74, 6) is -0.0365. The van der Waals surface area contributed by atoms with Crippen LogP contribution in [0, 0.1) is 0 Å². The van der Waals surface area contributed by atoms with Crippen LogP contribution in [0.15, 0.2) is 18.5 Å². The van der Waals surface area contributed by atoms with Gasteiger partial charge in [0.05, 0.1) is 29.4 Å². The number of ether oxygens (including phenoxy) is 1. The largest absolute Gasteiger partial charge is 0.383 e. The summed E-state index contributed by atoms with van der Waals surface area (Å²) in [7, 11) is 0.238. The summed E-state index contributed by atoms with van der Waals surface area (Å²) in [5.41, 5.74) is 1.17. The highest BCUT2D eigenvalue weighted by Gasteiger charge is 2.33. The van der Waals surface area contributed by atoms with Gasteiger partial charge >= 0.3 is 0 Å². The molecule has 122 valence electrons. The van der Waals surface area contributed by atoms with Crippen molar-refractivity contribution in [1.82, 2.24) is 9.88 Å². The SMILES string of the molecule is COCCNc1cncc(C(=O)N(C)C2CCS(=O)(=O)C2)c1. The van der Waals surface area contributed by atoms with Gasteiger partial charge in [-0.3, -0.25) is 9.78 Å². The Morgan fingerprint density at radius 3 is 2.91 bits per heavy atom. The molecule has 22 heavy (non-hydrogen) atoms. The molecular weight excluding hydrogens is 306 g/mol. The molecule has 1 N–H and O–H groups in total. The maximum Gasteiger partial charge on any atom is 0.255 e. The van der Waals surface area contributed by atoms with Crippen molar-refractivity contribution in [3.63, 3.8) is 0 Å². The zero-order chi connectivity index (χ0) is 16.2. The van der Waals surface area contributed by atoms with Crippen molar-refractivity contribution in [3.05, 3.63) is 24.0 Å². The number of carbonyl (C=O) groups excluding carboxylic acids is 1. The second-order valence-electron chi connectivity index (χ2n) is 5.35. The van der Waals surface area contributed by atoms with Crippen LogP contribution in [0.25, 0.3) is 0 Å². The lowest BCUT2D eigenvalue weighted by Gasteiger charge is -2.23. The van der Waals surface area contributed by atoms with Crippen molar-refractivity contribution >= 4 is 21.4 Å². The number of aromatic nitrogens is 1. The van der Waals surface area contributed by atoms with Crippen molar-refractivity contribution in [3.8, 4) is 0 Å². The van der Waals surface area contributed by atoms with Crippen LogP contribution < -0.4 is 5.32 Å².